The molecule has 0 amide bonds. The third-order valence-corrected chi connectivity index (χ3v) is 3.16. The molecule has 1 rings (SSSR count). The summed E-state index contributed by atoms with van der Waals surface area (Å²) in [5.74, 6) is 0.301. The Labute approximate surface area is 97.3 Å². The molecule has 2 N–H and O–H groups in total. The summed E-state index contributed by atoms with van der Waals surface area (Å²) in [6.07, 6.45) is 0. The van der Waals surface area contributed by atoms with Crippen LogP contribution in [0.1, 0.15) is 26.3 Å². The average Bonchev–Trinajstić information content (AvgIpc) is 2.25. The molecule has 0 fully saturated rings. The van der Waals surface area contributed by atoms with Gasteiger partial charge in [0.05, 0.1) is 0 Å². The number of nitrogens with two attached hydrogens (primary N) is 1. The molecule has 0 radical (unpaired) electrons. The summed E-state index contributed by atoms with van der Waals surface area (Å²) < 4.78 is 13.4. The molecule has 0 heterocycles. The fourth-order valence-corrected chi connectivity index (χ4v) is 1.64. The minimum atomic E-state index is -0.222. The van der Waals surface area contributed by atoms with Crippen molar-refractivity contribution in [3.8, 4) is 0 Å². The van der Waals surface area contributed by atoms with E-state index in [9.17, 15) is 4.39 Å². The third kappa shape index (κ3) is 2.95. The van der Waals surface area contributed by atoms with Gasteiger partial charge < -0.3 is 10.6 Å². The number of nitrogens with zero attached hydrogens (tertiary/aromatic N) is 1. The van der Waals surface area contributed by atoms with Crippen molar-refractivity contribution < 1.29 is 4.39 Å². The summed E-state index contributed by atoms with van der Waals surface area (Å²) in [5.41, 5.74) is 7.26. The van der Waals surface area contributed by atoms with E-state index in [0.29, 0.717) is 18.5 Å². The molecular formula is C13H21FN2. The second-order valence-electron chi connectivity index (χ2n) is 4.62. The van der Waals surface area contributed by atoms with Gasteiger partial charge in [-0.15, -0.1) is 0 Å². The fraction of sp³-hybridized carbons (Fsp3) is 0.538. The average molecular weight is 224 g/mol. The molecule has 1 unspecified atom stereocenters. The predicted molar refractivity (Wildman–Crippen MR) is 67.0 cm³/mol. The van der Waals surface area contributed by atoms with Crippen LogP contribution in [0, 0.1) is 11.7 Å². The number of rotatable bonds is 4. The van der Waals surface area contributed by atoms with E-state index >= 15 is 0 Å². The van der Waals surface area contributed by atoms with E-state index in [1.165, 1.54) is 6.07 Å². The van der Waals surface area contributed by atoms with Gasteiger partial charge in [0, 0.05) is 25.3 Å². The maximum atomic E-state index is 13.4. The van der Waals surface area contributed by atoms with Crippen molar-refractivity contribution in [2.75, 3.05) is 11.9 Å². The molecule has 0 saturated carbocycles. The van der Waals surface area contributed by atoms with Crippen LogP contribution in [0.3, 0.4) is 0 Å². The van der Waals surface area contributed by atoms with Crippen LogP contribution in [-0.2, 0) is 6.54 Å². The zero-order chi connectivity index (χ0) is 12.3. The van der Waals surface area contributed by atoms with E-state index in [4.69, 9.17) is 5.73 Å². The van der Waals surface area contributed by atoms with Gasteiger partial charge in [-0.25, -0.2) is 4.39 Å². The van der Waals surface area contributed by atoms with E-state index in [2.05, 4.69) is 25.7 Å². The predicted octanol–water partition coefficient (Wildman–Crippen LogP) is 2.77. The molecule has 90 valence electrons. The molecule has 1 aromatic rings. The molecule has 16 heavy (non-hydrogen) atoms. The summed E-state index contributed by atoms with van der Waals surface area (Å²) in [6.45, 7) is 6.82. The maximum Gasteiger partial charge on any atom is 0.125 e. The Morgan fingerprint density at radius 1 is 1.25 bits per heavy atom. The first kappa shape index (κ1) is 13.0. The Balaban J connectivity index is 2.98. The molecule has 0 saturated heterocycles. The highest BCUT2D eigenvalue weighted by atomic mass is 19.1. The smallest absolute Gasteiger partial charge is 0.125 e. The summed E-state index contributed by atoms with van der Waals surface area (Å²) in [4.78, 5) is 2.09. The van der Waals surface area contributed by atoms with Crippen molar-refractivity contribution in [1.82, 2.24) is 0 Å². The van der Waals surface area contributed by atoms with Gasteiger partial charge in [-0.2, -0.15) is 0 Å². The zero-order valence-electron chi connectivity index (χ0n) is 10.5. The number of hydrogen-bond donors (Lipinski definition) is 1. The minimum absolute atomic E-state index is 0.222. The standard InChI is InChI=1S/C13H21FN2/c1-9(2)10(3)16(4)13-6-11(8-15)5-12(14)7-13/h5-7,9-10H,8,15H2,1-4H3. The van der Waals surface area contributed by atoms with Crippen LogP contribution >= 0.6 is 0 Å². The molecule has 0 aliphatic carbocycles. The van der Waals surface area contributed by atoms with Crippen LogP contribution in [-0.4, -0.2) is 13.1 Å². The Morgan fingerprint density at radius 3 is 2.38 bits per heavy atom. The van der Waals surface area contributed by atoms with E-state index in [1.807, 2.05) is 13.1 Å². The largest absolute Gasteiger partial charge is 0.372 e. The summed E-state index contributed by atoms with van der Waals surface area (Å²) >= 11 is 0. The van der Waals surface area contributed by atoms with Gasteiger partial charge in [0.2, 0.25) is 0 Å². The molecule has 2 nitrogen and oxygen atoms in total. The summed E-state index contributed by atoms with van der Waals surface area (Å²) in [7, 11) is 1.99. The number of hydrogen-bond acceptors (Lipinski definition) is 2. The van der Waals surface area contributed by atoms with Crippen LogP contribution in [0.2, 0.25) is 0 Å². The molecule has 0 aliphatic heterocycles. The summed E-state index contributed by atoms with van der Waals surface area (Å²) in [6, 6.07) is 5.35. The van der Waals surface area contributed by atoms with E-state index in [-0.39, 0.29) is 5.82 Å². The lowest BCUT2D eigenvalue weighted by atomic mass is 10.0. The minimum Gasteiger partial charge on any atom is -0.372 e. The number of anilines is 1. The van der Waals surface area contributed by atoms with Gasteiger partial charge in [0.25, 0.3) is 0 Å². The van der Waals surface area contributed by atoms with Gasteiger partial charge in [-0.1, -0.05) is 13.8 Å². The monoisotopic (exact) mass is 224 g/mol. The van der Waals surface area contributed by atoms with Crippen LogP contribution in [0.5, 0.6) is 0 Å². The van der Waals surface area contributed by atoms with Gasteiger partial charge in [0.15, 0.2) is 0 Å². The van der Waals surface area contributed by atoms with Crippen LogP contribution in [0.15, 0.2) is 18.2 Å². The lowest BCUT2D eigenvalue weighted by Gasteiger charge is -2.30. The Bertz CT molecular complexity index is 350. The van der Waals surface area contributed by atoms with Gasteiger partial charge in [0.1, 0.15) is 5.82 Å². The van der Waals surface area contributed by atoms with Crippen molar-refractivity contribution in [3.63, 3.8) is 0 Å². The lowest BCUT2D eigenvalue weighted by molar-refractivity contribution is 0.504. The Kier molecular flexibility index (Phi) is 4.30. The van der Waals surface area contributed by atoms with E-state index in [0.717, 1.165) is 11.3 Å². The second kappa shape index (κ2) is 5.30. The van der Waals surface area contributed by atoms with Gasteiger partial charge in [-0.05, 0) is 36.6 Å². The molecular weight excluding hydrogens is 203 g/mol. The zero-order valence-corrected chi connectivity index (χ0v) is 10.5. The van der Waals surface area contributed by atoms with Gasteiger partial charge in [-0.3, -0.25) is 0 Å². The quantitative estimate of drug-likeness (QED) is 0.852. The van der Waals surface area contributed by atoms with Crippen LogP contribution < -0.4 is 10.6 Å². The molecule has 1 atom stereocenters. The van der Waals surface area contributed by atoms with E-state index in [1.54, 1.807) is 6.07 Å². The van der Waals surface area contributed by atoms with Crippen molar-refractivity contribution in [2.24, 2.45) is 11.7 Å². The summed E-state index contributed by atoms with van der Waals surface area (Å²) in [5, 5.41) is 0. The Hall–Kier alpha value is -1.09. The maximum absolute atomic E-state index is 13.4. The molecule has 1 aromatic carbocycles. The van der Waals surface area contributed by atoms with Crippen molar-refractivity contribution in [1.29, 1.82) is 0 Å². The van der Waals surface area contributed by atoms with E-state index < -0.39 is 0 Å². The molecule has 3 heteroatoms. The van der Waals surface area contributed by atoms with Crippen molar-refractivity contribution in [2.45, 2.75) is 33.4 Å². The fourth-order valence-electron chi connectivity index (χ4n) is 1.64. The first-order chi connectivity index (χ1) is 7.45. The normalized spacial score (nSPS) is 12.9. The van der Waals surface area contributed by atoms with Crippen molar-refractivity contribution >= 4 is 5.69 Å². The molecule has 0 aromatic heterocycles. The SMILES string of the molecule is CC(C)C(C)N(C)c1cc(F)cc(CN)c1. The molecule has 0 bridgehead atoms. The van der Waals surface area contributed by atoms with Crippen molar-refractivity contribution in [3.05, 3.63) is 29.6 Å². The highest BCUT2D eigenvalue weighted by Gasteiger charge is 2.14. The third-order valence-electron chi connectivity index (χ3n) is 3.16. The highest BCUT2D eigenvalue weighted by Crippen LogP contribution is 2.21. The first-order valence-electron chi connectivity index (χ1n) is 5.68. The number of halogens is 1. The highest BCUT2D eigenvalue weighted by molar-refractivity contribution is 5.49. The van der Waals surface area contributed by atoms with Crippen LogP contribution in [0.25, 0.3) is 0 Å². The number of benzene rings is 1. The second-order valence-corrected chi connectivity index (χ2v) is 4.62. The topological polar surface area (TPSA) is 29.3 Å². The van der Waals surface area contributed by atoms with Gasteiger partial charge >= 0.3 is 0 Å². The first-order valence-corrected chi connectivity index (χ1v) is 5.68. The lowest BCUT2D eigenvalue weighted by Crippen LogP contribution is -2.33. The molecule has 0 aliphatic rings. The molecule has 0 spiro atoms. The van der Waals surface area contributed by atoms with Crippen LogP contribution in [0.4, 0.5) is 10.1 Å². The Morgan fingerprint density at radius 2 is 1.88 bits per heavy atom.